The molecule has 1 atom stereocenters. The zero-order valence-electron chi connectivity index (χ0n) is 11.3. The molecule has 94 valence electrons. The van der Waals surface area contributed by atoms with Gasteiger partial charge in [-0.1, -0.05) is 26.8 Å². The monoisotopic (exact) mass is 234 g/mol. The highest BCUT2D eigenvalue weighted by molar-refractivity contribution is 5.95. The minimum atomic E-state index is -0.510. The number of amides is 1. The maximum atomic E-state index is 11.9. The van der Waals surface area contributed by atoms with Crippen molar-refractivity contribution in [1.29, 1.82) is 0 Å². The van der Waals surface area contributed by atoms with Crippen LogP contribution >= 0.6 is 0 Å². The highest BCUT2D eigenvalue weighted by Gasteiger charge is 2.27. The van der Waals surface area contributed by atoms with Gasteiger partial charge in [-0.3, -0.25) is 4.79 Å². The third-order valence-corrected chi connectivity index (χ3v) is 2.99. The van der Waals surface area contributed by atoms with Crippen molar-refractivity contribution in [3.05, 3.63) is 29.3 Å². The van der Waals surface area contributed by atoms with Crippen molar-refractivity contribution in [2.45, 2.75) is 40.7 Å². The van der Waals surface area contributed by atoms with E-state index in [9.17, 15) is 4.79 Å². The molecule has 0 heterocycles. The first-order chi connectivity index (χ1) is 7.71. The van der Waals surface area contributed by atoms with E-state index in [0.29, 0.717) is 0 Å². The second-order valence-electron chi connectivity index (χ2n) is 5.63. The predicted octanol–water partition coefficient (Wildman–Crippen LogP) is 2.62. The molecule has 3 N–H and O–H groups in total. The molecule has 17 heavy (non-hydrogen) atoms. The SMILES string of the molecule is Cc1ccc(NC(=O)C(N)C(C)(C)C)cc1C. The quantitative estimate of drug-likeness (QED) is 0.826. The van der Waals surface area contributed by atoms with Crippen molar-refractivity contribution in [3.63, 3.8) is 0 Å². The number of nitrogens with one attached hydrogen (secondary N) is 1. The number of carbonyl (C=O) groups excluding carboxylic acids is 1. The molecule has 0 saturated carbocycles. The van der Waals surface area contributed by atoms with Crippen LogP contribution in [0.3, 0.4) is 0 Å². The van der Waals surface area contributed by atoms with Gasteiger partial charge in [-0.15, -0.1) is 0 Å². The molecule has 1 rings (SSSR count). The van der Waals surface area contributed by atoms with Crippen molar-refractivity contribution in [3.8, 4) is 0 Å². The maximum absolute atomic E-state index is 11.9. The third kappa shape index (κ3) is 3.56. The molecule has 0 aliphatic rings. The van der Waals surface area contributed by atoms with E-state index >= 15 is 0 Å². The largest absolute Gasteiger partial charge is 0.325 e. The Morgan fingerprint density at radius 2 is 1.82 bits per heavy atom. The first kappa shape index (κ1) is 13.7. The molecule has 0 radical (unpaired) electrons. The van der Waals surface area contributed by atoms with Gasteiger partial charge in [0.05, 0.1) is 6.04 Å². The number of nitrogens with two attached hydrogens (primary N) is 1. The molecule has 0 aromatic heterocycles. The number of benzene rings is 1. The van der Waals surface area contributed by atoms with E-state index < -0.39 is 6.04 Å². The Kier molecular flexibility index (Phi) is 3.94. The summed E-state index contributed by atoms with van der Waals surface area (Å²) < 4.78 is 0. The Hall–Kier alpha value is -1.35. The standard InChI is InChI=1S/C14H22N2O/c1-9-6-7-11(8-10(9)2)16-13(17)12(15)14(3,4)5/h6-8,12H,15H2,1-5H3,(H,16,17). The smallest absolute Gasteiger partial charge is 0.241 e. The maximum Gasteiger partial charge on any atom is 0.241 e. The van der Waals surface area contributed by atoms with Gasteiger partial charge in [0.15, 0.2) is 0 Å². The topological polar surface area (TPSA) is 55.1 Å². The summed E-state index contributed by atoms with van der Waals surface area (Å²) in [7, 11) is 0. The number of aryl methyl sites for hydroxylation is 2. The lowest BCUT2D eigenvalue weighted by Crippen LogP contribution is -2.45. The normalized spacial score (nSPS) is 13.3. The molecule has 0 fully saturated rings. The molecule has 0 aliphatic carbocycles. The number of carbonyl (C=O) groups is 1. The minimum absolute atomic E-state index is 0.138. The van der Waals surface area contributed by atoms with Crippen LogP contribution < -0.4 is 11.1 Å². The van der Waals surface area contributed by atoms with E-state index in [1.54, 1.807) is 0 Å². The van der Waals surface area contributed by atoms with Crippen LogP contribution in [0, 0.1) is 19.3 Å². The second-order valence-corrected chi connectivity index (χ2v) is 5.63. The van der Waals surface area contributed by atoms with Crippen molar-refractivity contribution >= 4 is 11.6 Å². The molecule has 1 aromatic rings. The Morgan fingerprint density at radius 1 is 1.24 bits per heavy atom. The number of anilines is 1. The average Bonchev–Trinajstić information content (AvgIpc) is 2.21. The van der Waals surface area contributed by atoms with Gasteiger partial charge < -0.3 is 11.1 Å². The number of hydrogen-bond acceptors (Lipinski definition) is 2. The van der Waals surface area contributed by atoms with Crippen LogP contribution in [0.1, 0.15) is 31.9 Å². The first-order valence-corrected chi connectivity index (χ1v) is 5.85. The summed E-state index contributed by atoms with van der Waals surface area (Å²) in [5.41, 5.74) is 8.84. The fourth-order valence-electron chi connectivity index (χ4n) is 1.43. The number of rotatable bonds is 2. The van der Waals surface area contributed by atoms with Crippen LogP contribution in [0.25, 0.3) is 0 Å². The van der Waals surface area contributed by atoms with Crippen LogP contribution in [0.4, 0.5) is 5.69 Å². The van der Waals surface area contributed by atoms with Gasteiger partial charge in [-0.2, -0.15) is 0 Å². The van der Waals surface area contributed by atoms with Gasteiger partial charge >= 0.3 is 0 Å². The minimum Gasteiger partial charge on any atom is -0.325 e. The van der Waals surface area contributed by atoms with Crippen LogP contribution in [0.15, 0.2) is 18.2 Å². The predicted molar refractivity (Wildman–Crippen MR) is 72.0 cm³/mol. The fourth-order valence-corrected chi connectivity index (χ4v) is 1.43. The second kappa shape index (κ2) is 4.88. The molecular weight excluding hydrogens is 212 g/mol. The summed E-state index contributed by atoms with van der Waals surface area (Å²) >= 11 is 0. The summed E-state index contributed by atoms with van der Waals surface area (Å²) in [6.45, 7) is 9.93. The van der Waals surface area contributed by atoms with Crippen molar-refractivity contribution in [1.82, 2.24) is 0 Å². The molecule has 3 heteroatoms. The lowest BCUT2D eigenvalue weighted by Gasteiger charge is -2.25. The van der Waals surface area contributed by atoms with Crippen LogP contribution in [0.5, 0.6) is 0 Å². The van der Waals surface area contributed by atoms with Gasteiger partial charge in [0, 0.05) is 5.69 Å². The first-order valence-electron chi connectivity index (χ1n) is 5.85. The third-order valence-electron chi connectivity index (χ3n) is 2.99. The van der Waals surface area contributed by atoms with E-state index in [4.69, 9.17) is 5.73 Å². The summed E-state index contributed by atoms with van der Waals surface area (Å²) in [5.74, 6) is -0.138. The Morgan fingerprint density at radius 3 is 2.29 bits per heavy atom. The van der Waals surface area contributed by atoms with E-state index in [-0.39, 0.29) is 11.3 Å². The molecule has 1 unspecified atom stereocenters. The average molecular weight is 234 g/mol. The molecule has 0 saturated heterocycles. The van der Waals surface area contributed by atoms with Gasteiger partial charge in [0.1, 0.15) is 0 Å². The van der Waals surface area contributed by atoms with Gasteiger partial charge in [0.25, 0.3) is 0 Å². The lowest BCUT2D eigenvalue weighted by atomic mass is 9.87. The Balaban J connectivity index is 2.78. The molecule has 1 amide bonds. The highest BCUT2D eigenvalue weighted by Crippen LogP contribution is 2.20. The van der Waals surface area contributed by atoms with E-state index in [1.807, 2.05) is 52.8 Å². The van der Waals surface area contributed by atoms with Gasteiger partial charge in [-0.25, -0.2) is 0 Å². The van der Waals surface area contributed by atoms with Gasteiger partial charge in [0.2, 0.25) is 5.91 Å². The molecular formula is C14H22N2O. The molecule has 0 bridgehead atoms. The van der Waals surface area contributed by atoms with Crippen LogP contribution in [-0.4, -0.2) is 11.9 Å². The lowest BCUT2D eigenvalue weighted by molar-refractivity contribution is -0.119. The Labute approximate surface area is 103 Å². The Bertz CT molecular complexity index is 419. The fraction of sp³-hybridized carbons (Fsp3) is 0.500. The zero-order valence-corrected chi connectivity index (χ0v) is 11.3. The van der Waals surface area contributed by atoms with Crippen molar-refractivity contribution in [2.24, 2.45) is 11.1 Å². The summed E-state index contributed by atoms with van der Waals surface area (Å²) in [6.07, 6.45) is 0. The molecule has 0 spiro atoms. The summed E-state index contributed by atoms with van der Waals surface area (Å²) in [5, 5.41) is 2.85. The molecule has 3 nitrogen and oxygen atoms in total. The van der Waals surface area contributed by atoms with Crippen LogP contribution in [0.2, 0.25) is 0 Å². The van der Waals surface area contributed by atoms with Gasteiger partial charge in [-0.05, 0) is 42.5 Å². The van der Waals surface area contributed by atoms with E-state index in [1.165, 1.54) is 5.56 Å². The number of hydrogen-bond donors (Lipinski definition) is 2. The van der Waals surface area contributed by atoms with Crippen LogP contribution in [-0.2, 0) is 4.79 Å². The van der Waals surface area contributed by atoms with Crippen molar-refractivity contribution < 1.29 is 4.79 Å². The van der Waals surface area contributed by atoms with E-state index in [2.05, 4.69) is 5.32 Å². The summed E-state index contributed by atoms with van der Waals surface area (Å²) in [4.78, 5) is 11.9. The molecule has 0 aliphatic heterocycles. The van der Waals surface area contributed by atoms with E-state index in [0.717, 1.165) is 11.3 Å². The van der Waals surface area contributed by atoms with Crippen molar-refractivity contribution in [2.75, 3.05) is 5.32 Å². The zero-order chi connectivity index (χ0) is 13.2. The summed E-state index contributed by atoms with van der Waals surface area (Å²) in [6, 6.07) is 5.34. The molecule has 1 aromatic carbocycles. The highest BCUT2D eigenvalue weighted by atomic mass is 16.2.